The average molecular weight is 496 g/mol. The third-order valence-electron chi connectivity index (χ3n) is 5.84. The third-order valence-corrected chi connectivity index (χ3v) is 5.84. The van der Waals surface area contributed by atoms with Crippen molar-refractivity contribution in [1.29, 1.82) is 5.26 Å². The molecule has 1 saturated heterocycles. The number of nitrogens with zero attached hydrogens (tertiary/aromatic N) is 6. The molecule has 0 spiro atoms. The highest BCUT2D eigenvalue weighted by Crippen LogP contribution is 2.29. The molecule has 1 aliphatic heterocycles. The van der Waals surface area contributed by atoms with Gasteiger partial charge in [-0.1, -0.05) is 18.2 Å². The number of nitriles is 1. The number of likely N-dealkylation sites (tertiary alicyclic amines) is 1. The van der Waals surface area contributed by atoms with Crippen molar-refractivity contribution in [2.24, 2.45) is 5.92 Å². The second-order valence-electron chi connectivity index (χ2n) is 8.38. The van der Waals surface area contributed by atoms with Gasteiger partial charge < -0.3 is 24.8 Å². The highest BCUT2D eigenvalue weighted by molar-refractivity contribution is 5.80. The number of nitrogens with one attached hydrogen (secondary N) is 1. The maximum atomic E-state index is 14.8. The summed E-state index contributed by atoms with van der Waals surface area (Å²) in [6.45, 7) is 1.47. The Labute approximate surface area is 207 Å². The number of amides is 1. The molecule has 12 heteroatoms. The summed E-state index contributed by atoms with van der Waals surface area (Å²) in [5.41, 5.74) is 1.28. The smallest absolute Gasteiger partial charge is 0.251 e. The summed E-state index contributed by atoms with van der Waals surface area (Å²) in [5.74, 6) is -0.103. The van der Waals surface area contributed by atoms with Crippen molar-refractivity contribution in [1.82, 2.24) is 24.8 Å². The molecule has 1 aliphatic carbocycles. The van der Waals surface area contributed by atoms with Gasteiger partial charge in [0.1, 0.15) is 18.6 Å². The predicted molar refractivity (Wildman–Crippen MR) is 127 cm³/mol. The number of piperidine rings is 1. The minimum absolute atomic E-state index is 0.160. The van der Waals surface area contributed by atoms with E-state index in [9.17, 15) is 19.6 Å². The van der Waals surface area contributed by atoms with Crippen molar-refractivity contribution in [2.45, 2.75) is 37.8 Å². The predicted octanol–water partition coefficient (Wildman–Crippen LogP) is 1.82. The summed E-state index contributed by atoms with van der Waals surface area (Å²) in [4.78, 5) is 30.1. The first-order valence-electron chi connectivity index (χ1n) is 11.4. The highest BCUT2D eigenvalue weighted by atomic mass is 19.1. The molecule has 3 heterocycles. The molecule has 2 aromatic rings. The van der Waals surface area contributed by atoms with Crippen LogP contribution in [0.15, 0.2) is 42.9 Å². The Balaban J connectivity index is 1.42. The summed E-state index contributed by atoms with van der Waals surface area (Å²) in [7, 11) is 1.52. The molecule has 0 saturated carbocycles. The van der Waals surface area contributed by atoms with Crippen molar-refractivity contribution in [3.63, 3.8) is 0 Å². The number of aromatic nitrogens is 4. The van der Waals surface area contributed by atoms with Crippen LogP contribution in [0, 0.1) is 17.2 Å². The standard InChI is InChI=1S/C24H26FN7O4/c1-14(33)23(34)32-8-6-20(18(25)12-32)36-19-4-3-15(9-16(19)11-26)22-28-13-29-24(31-22)30-17-5-7-27-21(10-17)35-2/h3-5,7,9-10,13-14,16,18-20,33H,6,8,12H2,1-2H3,(H,27,28,29,30,31)/t14-,16?,18+,19?,20?/m0/s1. The first-order valence-corrected chi connectivity index (χ1v) is 11.4. The molecule has 0 bridgehead atoms. The van der Waals surface area contributed by atoms with E-state index in [1.165, 1.54) is 25.3 Å². The first-order chi connectivity index (χ1) is 17.4. The average Bonchev–Trinajstić information content (AvgIpc) is 2.89. The van der Waals surface area contributed by atoms with Crippen molar-refractivity contribution in [3.05, 3.63) is 48.7 Å². The fraction of sp³-hybridized carbons (Fsp3) is 0.417. The lowest BCUT2D eigenvalue weighted by Crippen LogP contribution is -2.51. The molecule has 2 aliphatic rings. The van der Waals surface area contributed by atoms with E-state index in [0.717, 1.165) is 0 Å². The van der Waals surface area contributed by atoms with E-state index in [0.29, 0.717) is 28.9 Å². The molecule has 1 fully saturated rings. The van der Waals surface area contributed by atoms with Gasteiger partial charge in [0.25, 0.3) is 5.91 Å². The number of hydrogen-bond donors (Lipinski definition) is 2. The molecule has 188 valence electrons. The number of methoxy groups -OCH3 is 1. The lowest BCUT2D eigenvalue weighted by Gasteiger charge is -2.37. The van der Waals surface area contributed by atoms with E-state index in [1.54, 1.807) is 36.6 Å². The number of aliphatic hydroxyl groups excluding tert-OH is 1. The Kier molecular flexibility index (Phi) is 7.82. The minimum Gasteiger partial charge on any atom is -0.481 e. The zero-order chi connectivity index (χ0) is 25.7. The molecule has 11 nitrogen and oxygen atoms in total. The summed E-state index contributed by atoms with van der Waals surface area (Å²) >= 11 is 0. The molecule has 2 N–H and O–H groups in total. The van der Waals surface area contributed by atoms with Crippen LogP contribution in [0.4, 0.5) is 16.0 Å². The van der Waals surface area contributed by atoms with E-state index < -0.39 is 36.3 Å². The number of carbonyl (C=O) groups excluding carboxylic acids is 1. The highest BCUT2D eigenvalue weighted by Gasteiger charge is 2.36. The lowest BCUT2D eigenvalue weighted by atomic mass is 9.93. The van der Waals surface area contributed by atoms with Crippen LogP contribution in [0.25, 0.3) is 5.57 Å². The monoisotopic (exact) mass is 495 g/mol. The van der Waals surface area contributed by atoms with E-state index in [4.69, 9.17) is 9.47 Å². The van der Waals surface area contributed by atoms with Gasteiger partial charge in [0.15, 0.2) is 5.82 Å². The van der Waals surface area contributed by atoms with Gasteiger partial charge in [0, 0.05) is 30.1 Å². The molecule has 2 aromatic heterocycles. The van der Waals surface area contributed by atoms with Crippen LogP contribution in [-0.4, -0.2) is 80.5 Å². The number of hydrogen-bond acceptors (Lipinski definition) is 10. The van der Waals surface area contributed by atoms with Gasteiger partial charge in [-0.3, -0.25) is 4.79 Å². The zero-order valence-corrected chi connectivity index (χ0v) is 19.8. The maximum absolute atomic E-state index is 14.8. The van der Waals surface area contributed by atoms with E-state index >= 15 is 0 Å². The van der Waals surface area contributed by atoms with Crippen LogP contribution in [0.2, 0.25) is 0 Å². The van der Waals surface area contributed by atoms with Crippen molar-refractivity contribution in [2.75, 3.05) is 25.5 Å². The summed E-state index contributed by atoms with van der Waals surface area (Å²) in [5, 5.41) is 22.3. The van der Waals surface area contributed by atoms with Gasteiger partial charge in [-0.25, -0.2) is 19.3 Å². The molecule has 0 radical (unpaired) electrons. The second kappa shape index (κ2) is 11.2. The van der Waals surface area contributed by atoms with Gasteiger partial charge in [-0.15, -0.1) is 0 Å². The van der Waals surface area contributed by atoms with Crippen LogP contribution in [0.3, 0.4) is 0 Å². The van der Waals surface area contributed by atoms with Crippen molar-refractivity contribution >= 4 is 23.1 Å². The SMILES string of the molecule is COc1cc(Nc2ncnc(C3=CC(C#N)C(OC4CCN(C(=O)[C@H](C)O)C[C@H]4F)C=C3)n2)ccn1. The maximum Gasteiger partial charge on any atom is 0.251 e. The molecule has 36 heavy (non-hydrogen) atoms. The Morgan fingerprint density at radius 1 is 1.39 bits per heavy atom. The Morgan fingerprint density at radius 3 is 2.94 bits per heavy atom. The number of ether oxygens (including phenoxy) is 2. The summed E-state index contributed by atoms with van der Waals surface area (Å²) < 4.78 is 25.8. The fourth-order valence-electron chi connectivity index (χ4n) is 3.98. The number of alkyl halides is 1. The number of anilines is 2. The van der Waals surface area contributed by atoms with Gasteiger partial charge in [-0.05, 0) is 19.4 Å². The number of rotatable bonds is 7. The fourth-order valence-corrected chi connectivity index (χ4v) is 3.98. The van der Waals surface area contributed by atoms with E-state index in [1.807, 2.05) is 0 Å². The number of pyridine rings is 1. The van der Waals surface area contributed by atoms with Crippen LogP contribution in [0.1, 0.15) is 19.2 Å². The first kappa shape index (κ1) is 25.2. The molecule has 1 amide bonds. The van der Waals surface area contributed by atoms with Gasteiger partial charge in [0.05, 0.1) is 37.8 Å². The van der Waals surface area contributed by atoms with Crippen LogP contribution >= 0.6 is 0 Å². The lowest BCUT2D eigenvalue weighted by molar-refractivity contribution is -0.146. The Morgan fingerprint density at radius 2 is 2.22 bits per heavy atom. The van der Waals surface area contributed by atoms with Crippen molar-refractivity contribution < 1.29 is 23.8 Å². The second-order valence-corrected chi connectivity index (χ2v) is 8.38. The molecular formula is C24H26FN7O4. The quantitative estimate of drug-likeness (QED) is 0.583. The number of allylic oxidation sites excluding steroid dienone is 2. The molecular weight excluding hydrogens is 469 g/mol. The van der Waals surface area contributed by atoms with Crippen LogP contribution in [-0.2, 0) is 9.53 Å². The molecule has 4 rings (SSSR count). The number of carbonyl (C=O) groups is 1. The number of halogens is 1. The van der Waals surface area contributed by atoms with Crippen molar-refractivity contribution in [3.8, 4) is 11.9 Å². The molecule has 0 aromatic carbocycles. The normalized spacial score (nSPS) is 24.4. The van der Waals surface area contributed by atoms with Crippen LogP contribution in [0.5, 0.6) is 5.88 Å². The largest absolute Gasteiger partial charge is 0.481 e. The molecule has 3 unspecified atom stereocenters. The Bertz CT molecular complexity index is 1200. The van der Waals surface area contributed by atoms with Gasteiger partial charge in [0.2, 0.25) is 11.8 Å². The van der Waals surface area contributed by atoms with E-state index in [-0.39, 0.29) is 19.5 Å². The third kappa shape index (κ3) is 5.81. The topological polar surface area (TPSA) is 146 Å². The summed E-state index contributed by atoms with van der Waals surface area (Å²) in [6.07, 6.45) is 4.27. The Hall–Kier alpha value is -3.95. The molecule has 5 atom stereocenters. The summed E-state index contributed by atoms with van der Waals surface area (Å²) in [6, 6.07) is 5.62. The van der Waals surface area contributed by atoms with E-state index in [2.05, 4.69) is 31.3 Å². The van der Waals surface area contributed by atoms with Crippen LogP contribution < -0.4 is 10.1 Å². The van der Waals surface area contributed by atoms with Gasteiger partial charge in [-0.2, -0.15) is 10.2 Å². The zero-order valence-electron chi connectivity index (χ0n) is 19.8. The van der Waals surface area contributed by atoms with Gasteiger partial charge >= 0.3 is 0 Å². The number of aliphatic hydroxyl groups is 1. The minimum atomic E-state index is -1.43.